The van der Waals surface area contributed by atoms with Gasteiger partial charge in [-0.3, -0.25) is 4.79 Å². The minimum absolute atomic E-state index is 0.0973. The van der Waals surface area contributed by atoms with Crippen LogP contribution in [0, 0.1) is 11.6 Å². The Morgan fingerprint density at radius 3 is 2.48 bits per heavy atom. The van der Waals surface area contributed by atoms with Crippen molar-refractivity contribution in [2.45, 2.75) is 6.10 Å². The van der Waals surface area contributed by atoms with E-state index in [1.165, 1.54) is 36.4 Å². The number of amides is 1. The SMILES string of the molecule is O=C(NCC(O)c1ccc(F)cc1)c1ccc(Br)cc1F. The molecule has 21 heavy (non-hydrogen) atoms. The van der Waals surface area contributed by atoms with Crippen LogP contribution in [0.5, 0.6) is 0 Å². The molecule has 2 N–H and O–H groups in total. The van der Waals surface area contributed by atoms with Gasteiger partial charge in [0.1, 0.15) is 11.6 Å². The van der Waals surface area contributed by atoms with Crippen LogP contribution >= 0.6 is 15.9 Å². The van der Waals surface area contributed by atoms with E-state index in [4.69, 9.17) is 0 Å². The number of nitrogens with one attached hydrogen (secondary N) is 1. The smallest absolute Gasteiger partial charge is 0.254 e. The molecular formula is C15H12BrF2NO2. The Labute approximate surface area is 128 Å². The zero-order chi connectivity index (χ0) is 15.4. The summed E-state index contributed by atoms with van der Waals surface area (Å²) in [5.41, 5.74) is 0.359. The van der Waals surface area contributed by atoms with Gasteiger partial charge in [0.2, 0.25) is 0 Å². The van der Waals surface area contributed by atoms with E-state index in [-0.39, 0.29) is 12.1 Å². The third-order valence-electron chi connectivity index (χ3n) is 2.89. The Hall–Kier alpha value is -1.79. The fourth-order valence-corrected chi connectivity index (χ4v) is 2.09. The van der Waals surface area contributed by atoms with Gasteiger partial charge in [-0.05, 0) is 35.9 Å². The van der Waals surface area contributed by atoms with Gasteiger partial charge in [0, 0.05) is 11.0 Å². The molecule has 6 heteroatoms. The summed E-state index contributed by atoms with van der Waals surface area (Å²) in [6.45, 7) is -0.0973. The molecule has 0 aliphatic rings. The molecule has 0 aromatic heterocycles. The molecule has 0 radical (unpaired) electrons. The quantitative estimate of drug-likeness (QED) is 0.884. The Kier molecular flexibility index (Phi) is 5.03. The summed E-state index contributed by atoms with van der Waals surface area (Å²) in [5, 5.41) is 12.3. The topological polar surface area (TPSA) is 49.3 Å². The van der Waals surface area contributed by atoms with Crippen molar-refractivity contribution in [3.63, 3.8) is 0 Å². The second kappa shape index (κ2) is 6.78. The number of aliphatic hydroxyl groups excluding tert-OH is 1. The summed E-state index contributed by atoms with van der Waals surface area (Å²) in [6.07, 6.45) is -0.993. The van der Waals surface area contributed by atoms with Gasteiger partial charge < -0.3 is 10.4 Å². The lowest BCUT2D eigenvalue weighted by atomic mass is 10.1. The van der Waals surface area contributed by atoms with Crippen molar-refractivity contribution >= 4 is 21.8 Å². The van der Waals surface area contributed by atoms with Crippen molar-refractivity contribution < 1.29 is 18.7 Å². The lowest BCUT2D eigenvalue weighted by molar-refractivity contribution is 0.0912. The molecule has 0 heterocycles. The lowest BCUT2D eigenvalue weighted by Crippen LogP contribution is -2.29. The van der Waals surface area contributed by atoms with Crippen molar-refractivity contribution in [1.82, 2.24) is 5.32 Å². The zero-order valence-electron chi connectivity index (χ0n) is 10.8. The van der Waals surface area contributed by atoms with Gasteiger partial charge in [0.05, 0.1) is 11.7 Å². The maximum Gasteiger partial charge on any atom is 0.254 e. The number of benzene rings is 2. The maximum atomic E-state index is 13.6. The molecule has 0 saturated carbocycles. The lowest BCUT2D eigenvalue weighted by Gasteiger charge is -2.12. The molecule has 0 spiro atoms. The van der Waals surface area contributed by atoms with Crippen LogP contribution in [-0.4, -0.2) is 17.6 Å². The molecule has 0 saturated heterocycles. The van der Waals surface area contributed by atoms with Gasteiger partial charge in [0.25, 0.3) is 5.91 Å². The van der Waals surface area contributed by atoms with Crippen molar-refractivity contribution in [3.05, 3.63) is 69.7 Å². The predicted molar refractivity (Wildman–Crippen MR) is 77.8 cm³/mol. The van der Waals surface area contributed by atoms with Crippen LogP contribution in [0.1, 0.15) is 22.0 Å². The molecule has 1 atom stereocenters. The number of carbonyl (C=O) groups excluding carboxylic acids is 1. The molecule has 110 valence electrons. The van der Waals surface area contributed by atoms with Crippen molar-refractivity contribution in [2.75, 3.05) is 6.54 Å². The van der Waals surface area contributed by atoms with Crippen LogP contribution in [0.2, 0.25) is 0 Å². The second-order valence-electron chi connectivity index (χ2n) is 4.40. The minimum Gasteiger partial charge on any atom is -0.387 e. The van der Waals surface area contributed by atoms with E-state index in [1.807, 2.05) is 0 Å². The van der Waals surface area contributed by atoms with Gasteiger partial charge in [0.15, 0.2) is 0 Å². The van der Waals surface area contributed by atoms with Crippen LogP contribution in [0.15, 0.2) is 46.9 Å². The predicted octanol–water partition coefficient (Wildman–Crippen LogP) is 3.19. The summed E-state index contributed by atoms with van der Waals surface area (Å²) in [7, 11) is 0. The average molecular weight is 356 g/mol. The Morgan fingerprint density at radius 1 is 1.19 bits per heavy atom. The molecular weight excluding hydrogens is 344 g/mol. The summed E-state index contributed by atoms with van der Waals surface area (Å²) >= 11 is 3.10. The first kappa shape index (κ1) is 15.6. The number of hydrogen-bond donors (Lipinski definition) is 2. The van der Waals surface area contributed by atoms with Gasteiger partial charge in [-0.25, -0.2) is 8.78 Å². The van der Waals surface area contributed by atoms with Crippen LogP contribution < -0.4 is 5.32 Å². The summed E-state index contributed by atoms with van der Waals surface area (Å²) in [6, 6.07) is 9.36. The monoisotopic (exact) mass is 355 g/mol. The molecule has 1 amide bonds. The van der Waals surface area contributed by atoms with E-state index in [9.17, 15) is 18.7 Å². The number of hydrogen-bond acceptors (Lipinski definition) is 2. The third-order valence-corrected chi connectivity index (χ3v) is 3.38. The number of aliphatic hydroxyl groups is 1. The first-order valence-electron chi connectivity index (χ1n) is 6.14. The van der Waals surface area contributed by atoms with Crippen molar-refractivity contribution in [3.8, 4) is 0 Å². The van der Waals surface area contributed by atoms with Crippen molar-refractivity contribution in [2.24, 2.45) is 0 Å². The van der Waals surface area contributed by atoms with Crippen LogP contribution in [0.4, 0.5) is 8.78 Å². The standard InChI is InChI=1S/C15H12BrF2NO2/c16-10-3-6-12(13(18)7-10)15(21)19-8-14(20)9-1-4-11(17)5-2-9/h1-7,14,20H,8H2,(H,19,21). The summed E-state index contributed by atoms with van der Waals surface area (Å²) in [5.74, 6) is -1.69. The van der Waals surface area contributed by atoms with Gasteiger partial charge in [-0.1, -0.05) is 28.1 Å². The van der Waals surface area contributed by atoms with E-state index >= 15 is 0 Å². The fourth-order valence-electron chi connectivity index (χ4n) is 1.76. The Morgan fingerprint density at radius 2 is 1.86 bits per heavy atom. The molecule has 3 nitrogen and oxygen atoms in total. The molecule has 2 aromatic carbocycles. The van der Waals surface area contributed by atoms with Crippen molar-refractivity contribution in [1.29, 1.82) is 0 Å². The third kappa shape index (κ3) is 4.09. The van der Waals surface area contributed by atoms with E-state index in [1.54, 1.807) is 6.07 Å². The van der Waals surface area contributed by atoms with E-state index in [0.29, 0.717) is 10.0 Å². The molecule has 1 unspecified atom stereocenters. The number of rotatable bonds is 4. The van der Waals surface area contributed by atoms with Crippen LogP contribution in [0.25, 0.3) is 0 Å². The highest BCUT2D eigenvalue weighted by molar-refractivity contribution is 9.10. The molecule has 0 bridgehead atoms. The van der Waals surface area contributed by atoms with E-state index < -0.39 is 23.6 Å². The molecule has 2 aromatic rings. The first-order chi connectivity index (χ1) is 9.97. The van der Waals surface area contributed by atoms with Gasteiger partial charge in [-0.2, -0.15) is 0 Å². The highest BCUT2D eigenvalue weighted by Gasteiger charge is 2.14. The fraction of sp³-hybridized carbons (Fsp3) is 0.133. The average Bonchev–Trinajstić information content (AvgIpc) is 2.45. The highest BCUT2D eigenvalue weighted by Crippen LogP contribution is 2.16. The first-order valence-corrected chi connectivity index (χ1v) is 6.93. The normalized spacial score (nSPS) is 12.0. The number of halogens is 3. The molecule has 0 aliphatic carbocycles. The summed E-state index contributed by atoms with van der Waals surface area (Å²) < 4.78 is 26.9. The van der Waals surface area contributed by atoms with E-state index in [2.05, 4.69) is 21.2 Å². The second-order valence-corrected chi connectivity index (χ2v) is 5.32. The molecule has 0 aliphatic heterocycles. The maximum absolute atomic E-state index is 13.6. The van der Waals surface area contributed by atoms with Gasteiger partial charge in [-0.15, -0.1) is 0 Å². The highest BCUT2D eigenvalue weighted by atomic mass is 79.9. The van der Waals surface area contributed by atoms with E-state index in [0.717, 1.165) is 0 Å². The minimum atomic E-state index is -0.993. The Balaban J connectivity index is 1.99. The largest absolute Gasteiger partial charge is 0.387 e. The zero-order valence-corrected chi connectivity index (χ0v) is 12.4. The van der Waals surface area contributed by atoms with Crippen LogP contribution in [0.3, 0.4) is 0 Å². The van der Waals surface area contributed by atoms with Crippen LogP contribution in [-0.2, 0) is 0 Å². The number of carbonyl (C=O) groups is 1. The Bertz CT molecular complexity index is 647. The molecule has 2 rings (SSSR count). The van der Waals surface area contributed by atoms with Gasteiger partial charge >= 0.3 is 0 Å². The summed E-state index contributed by atoms with van der Waals surface area (Å²) in [4.78, 5) is 11.8. The molecule has 0 fully saturated rings.